The third kappa shape index (κ3) is 1.28. The van der Waals surface area contributed by atoms with Crippen molar-refractivity contribution in [3.8, 4) is 0 Å². The maximum Gasteiger partial charge on any atom is 0.129 e. The average molecular weight is 131 g/mol. The number of hydrogen-bond donors (Lipinski definition) is 1. The molecule has 1 rings (SSSR count). The molecular formula is C6H7F2N. The van der Waals surface area contributed by atoms with Crippen molar-refractivity contribution in [2.24, 2.45) is 0 Å². The summed E-state index contributed by atoms with van der Waals surface area (Å²) in [6, 6.07) is 1.47. The molecule has 1 aromatic rings. The molecule has 0 amide bonds. The standard InChI is InChI=1S/C6H7F2N/c7-2-5-1-6(3-8)9-4-5/h1,4,9H,2-3H2. The third-order valence-electron chi connectivity index (χ3n) is 1.10. The van der Waals surface area contributed by atoms with Crippen molar-refractivity contribution in [3.63, 3.8) is 0 Å². The molecular weight excluding hydrogens is 124 g/mol. The smallest absolute Gasteiger partial charge is 0.129 e. The molecule has 0 saturated carbocycles. The van der Waals surface area contributed by atoms with E-state index >= 15 is 0 Å². The highest BCUT2D eigenvalue weighted by atomic mass is 19.1. The van der Waals surface area contributed by atoms with Crippen molar-refractivity contribution in [1.29, 1.82) is 0 Å². The molecule has 0 aliphatic heterocycles. The van der Waals surface area contributed by atoms with Crippen LogP contribution in [-0.2, 0) is 13.3 Å². The Morgan fingerprint density at radius 1 is 1.33 bits per heavy atom. The van der Waals surface area contributed by atoms with E-state index in [2.05, 4.69) is 4.98 Å². The van der Waals surface area contributed by atoms with E-state index in [1.165, 1.54) is 12.3 Å². The van der Waals surface area contributed by atoms with E-state index in [0.29, 0.717) is 11.3 Å². The Morgan fingerprint density at radius 3 is 2.44 bits per heavy atom. The zero-order valence-electron chi connectivity index (χ0n) is 4.82. The molecule has 0 bridgehead atoms. The van der Waals surface area contributed by atoms with Crippen LogP contribution in [0.1, 0.15) is 11.3 Å². The number of nitrogens with one attached hydrogen (secondary N) is 1. The first-order valence-corrected chi connectivity index (χ1v) is 2.65. The summed E-state index contributed by atoms with van der Waals surface area (Å²) >= 11 is 0. The van der Waals surface area contributed by atoms with Gasteiger partial charge in [0.2, 0.25) is 0 Å². The molecule has 50 valence electrons. The van der Waals surface area contributed by atoms with Gasteiger partial charge in [-0.05, 0) is 6.07 Å². The van der Waals surface area contributed by atoms with E-state index in [0.717, 1.165) is 0 Å². The molecule has 0 unspecified atom stereocenters. The van der Waals surface area contributed by atoms with Crippen molar-refractivity contribution < 1.29 is 8.78 Å². The van der Waals surface area contributed by atoms with Gasteiger partial charge in [0, 0.05) is 17.5 Å². The van der Waals surface area contributed by atoms with Gasteiger partial charge < -0.3 is 4.98 Å². The molecule has 0 aromatic carbocycles. The number of rotatable bonds is 2. The monoisotopic (exact) mass is 131 g/mol. The molecule has 0 aliphatic rings. The summed E-state index contributed by atoms with van der Waals surface area (Å²) in [6.07, 6.45) is 1.47. The summed E-state index contributed by atoms with van der Waals surface area (Å²) in [6.45, 7) is -1.09. The first kappa shape index (κ1) is 6.26. The molecule has 0 spiro atoms. The van der Waals surface area contributed by atoms with Crippen LogP contribution >= 0.6 is 0 Å². The number of aromatic nitrogens is 1. The fourth-order valence-electron chi connectivity index (χ4n) is 0.647. The van der Waals surface area contributed by atoms with Crippen LogP contribution in [0.4, 0.5) is 8.78 Å². The van der Waals surface area contributed by atoms with Crippen molar-refractivity contribution in [2.45, 2.75) is 13.3 Å². The first-order valence-electron chi connectivity index (χ1n) is 2.65. The fourth-order valence-corrected chi connectivity index (χ4v) is 0.647. The topological polar surface area (TPSA) is 15.8 Å². The van der Waals surface area contributed by atoms with E-state index in [1.54, 1.807) is 0 Å². The lowest BCUT2D eigenvalue weighted by Crippen LogP contribution is -1.72. The quantitative estimate of drug-likeness (QED) is 0.631. The van der Waals surface area contributed by atoms with Crippen molar-refractivity contribution >= 4 is 0 Å². The highest BCUT2D eigenvalue weighted by Gasteiger charge is 1.95. The Morgan fingerprint density at radius 2 is 2.11 bits per heavy atom. The fraction of sp³-hybridized carbons (Fsp3) is 0.333. The van der Waals surface area contributed by atoms with Crippen LogP contribution in [0, 0.1) is 0 Å². The summed E-state index contributed by atoms with van der Waals surface area (Å²) < 4.78 is 23.5. The lowest BCUT2D eigenvalue weighted by Gasteiger charge is -1.80. The van der Waals surface area contributed by atoms with Crippen LogP contribution in [0.25, 0.3) is 0 Å². The summed E-state index contributed by atoms with van der Waals surface area (Å²) in [7, 11) is 0. The third-order valence-corrected chi connectivity index (χ3v) is 1.10. The molecule has 9 heavy (non-hydrogen) atoms. The number of alkyl halides is 2. The predicted molar refractivity (Wildman–Crippen MR) is 30.4 cm³/mol. The zero-order valence-corrected chi connectivity index (χ0v) is 4.82. The minimum absolute atomic E-state index is 0.433. The van der Waals surface area contributed by atoms with Gasteiger partial charge in [0.05, 0.1) is 0 Å². The molecule has 3 heteroatoms. The molecule has 1 aromatic heterocycles. The first-order chi connectivity index (χ1) is 4.36. The number of halogens is 2. The zero-order chi connectivity index (χ0) is 6.69. The van der Waals surface area contributed by atoms with E-state index in [-0.39, 0.29) is 0 Å². The van der Waals surface area contributed by atoms with Gasteiger partial charge >= 0.3 is 0 Å². The van der Waals surface area contributed by atoms with Gasteiger partial charge in [-0.3, -0.25) is 0 Å². The van der Waals surface area contributed by atoms with Crippen molar-refractivity contribution in [3.05, 3.63) is 23.5 Å². The molecule has 0 atom stereocenters. The molecule has 1 heterocycles. The highest BCUT2D eigenvalue weighted by Crippen LogP contribution is 2.05. The van der Waals surface area contributed by atoms with Crippen LogP contribution in [-0.4, -0.2) is 4.98 Å². The van der Waals surface area contributed by atoms with Gasteiger partial charge in [0.1, 0.15) is 13.3 Å². The summed E-state index contributed by atoms with van der Waals surface area (Å²) in [5, 5.41) is 0. The van der Waals surface area contributed by atoms with Gasteiger partial charge in [0.15, 0.2) is 0 Å². The van der Waals surface area contributed by atoms with E-state index in [4.69, 9.17) is 0 Å². The summed E-state index contributed by atoms with van der Waals surface area (Å²) in [4.78, 5) is 2.59. The van der Waals surface area contributed by atoms with Crippen molar-refractivity contribution in [2.75, 3.05) is 0 Å². The molecule has 0 fully saturated rings. The second kappa shape index (κ2) is 2.62. The average Bonchev–Trinajstić information content (AvgIpc) is 2.34. The number of aromatic amines is 1. The SMILES string of the molecule is FCc1c[nH]c(CF)c1. The lowest BCUT2D eigenvalue weighted by molar-refractivity contribution is 0.475. The molecule has 0 aliphatic carbocycles. The van der Waals surface area contributed by atoms with Crippen LogP contribution in [0.15, 0.2) is 12.3 Å². The molecule has 1 nitrogen and oxygen atoms in total. The Balaban J connectivity index is 2.74. The Kier molecular flexibility index (Phi) is 1.82. The van der Waals surface area contributed by atoms with Crippen molar-refractivity contribution in [1.82, 2.24) is 4.98 Å². The highest BCUT2D eigenvalue weighted by molar-refractivity contribution is 5.14. The normalized spacial score (nSPS) is 10.0. The molecule has 0 radical (unpaired) electrons. The van der Waals surface area contributed by atoms with Gasteiger partial charge in [-0.1, -0.05) is 0 Å². The predicted octanol–water partition coefficient (Wildman–Crippen LogP) is 1.95. The van der Waals surface area contributed by atoms with Gasteiger partial charge in [-0.15, -0.1) is 0 Å². The Bertz CT molecular complexity index is 164. The maximum absolute atomic E-state index is 11.7. The maximum atomic E-state index is 11.7. The van der Waals surface area contributed by atoms with Crippen LogP contribution in [0.5, 0.6) is 0 Å². The van der Waals surface area contributed by atoms with Crippen LogP contribution in [0.2, 0.25) is 0 Å². The van der Waals surface area contributed by atoms with E-state index in [9.17, 15) is 8.78 Å². The van der Waals surface area contributed by atoms with E-state index in [1.807, 2.05) is 0 Å². The second-order valence-electron chi connectivity index (χ2n) is 1.80. The summed E-state index contributed by atoms with van der Waals surface area (Å²) in [5.41, 5.74) is 0.935. The minimum atomic E-state index is -0.556. The molecule has 0 saturated heterocycles. The van der Waals surface area contributed by atoms with Crippen LogP contribution in [0.3, 0.4) is 0 Å². The van der Waals surface area contributed by atoms with E-state index < -0.39 is 13.3 Å². The Labute approximate surface area is 51.7 Å². The summed E-state index contributed by atoms with van der Waals surface area (Å²) in [5.74, 6) is 0. The Hall–Kier alpha value is -0.860. The lowest BCUT2D eigenvalue weighted by atomic mass is 10.3. The molecule has 1 N–H and O–H groups in total. The van der Waals surface area contributed by atoms with Crippen LogP contribution < -0.4 is 0 Å². The van der Waals surface area contributed by atoms with Gasteiger partial charge in [-0.25, -0.2) is 8.78 Å². The van der Waals surface area contributed by atoms with Gasteiger partial charge in [0.25, 0.3) is 0 Å². The number of H-pyrrole nitrogens is 1. The second-order valence-corrected chi connectivity index (χ2v) is 1.80. The minimum Gasteiger partial charge on any atom is -0.362 e. The largest absolute Gasteiger partial charge is 0.362 e. The number of hydrogen-bond acceptors (Lipinski definition) is 0. The van der Waals surface area contributed by atoms with Gasteiger partial charge in [-0.2, -0.15) is 0 Å².